The van der Waals surface area contributed by atoms with Crippen molar-refractivity contribution in [3.05, 3.63) is 47.8 Å². The summed E-state index contributed by atoms with van der Waals surface area (Å²) in [7, 11) is -3.17. The van der Waals surface area contributed by atoms with E-state index in [4.69, 9.17) is 9.47 Å². The summed E-state index contributed by atoms with van der Waals surface area (Å²) in [4.78, 5) is 7.23. The first-order valence-electron chi connectivity index (χ1n) is 9.89. The van der Waals surface area contributed by atoms with E-state index in [1.807, 2.05) is 6.92 Å². The number of hydrogen-bond acceptors (Lipinski definition) is 7. The first kappa shape index (κ1) is 22.0. The van der Waals surface area contributed by atoms with Gasteiger partial charge in [-0.1, -0.05) is 0 Å². The van der Waals surface area contributed by atoms with E-state index in [9.17, 15) is 17.9 Å². The highest BCUT2D eigenvalue weighted by molar-refractivity contribution is 7.90. The molecule has 4 aromatic rings. The number of halogens is 1. The van der Waals surface area contributed by atoms with Gasteiger partial charge in [0.1, 0.15) is 34.0 Å². The molecule has 0 aliphatic heterocycles. The van der Waals surface area contributed by atoms with Crippen LogP contribution in [0.1, 0.15) is 17.7 Å². The third-order valence-electron chi connectivity index (χ3n) is 5.04. The second-order valence-corrected chi connectivity index (χ2v) is 10.0. The highest BCUT2D eigenvalue weighted by Crippen LogP contribution is 2.34. The predicted molar refractivity (Wildman–Crippen MR) is 117 cm³/mol. The Bertz CT molecular complexity index is 1400. The van der Waals surface area contributed by atoms with Gasteiger partial charge in [-0.25, -0.2) is 17.3 Å². The first-order valence-corrected chi connectivity index (χ1v) is 12.0. The Labute approximate surface area is 183 Å². The van der Waals surface area contributed by atoms with Crippen molar-refractivity contribution >= 4 is 26.3 Å². The Hall–Kier alpha value is -3.18. The number of rotatable bonds is 8. The minimum atomic E-state index is -3.17. The Balaban J connectivity index is 1.58. The number of H-pyrrole nitrogens is 1. The molecular weight excluding hydrogens is 439 g/mol. The van der Waals surface area contributed by atoms with Crippen LogP contribution in [0, 0.1) is 19.7 Å². The molecule has 11 heteroatoms. The van der Waals surface area contributed by atoms with Crippen LogP contribution in [-0.4, -0.2) is 57.8 Å². The quantitative estimate of drug-likeness (QED) is 0.413. The summed E-state index contributed by atoms with van der Waals surface area (Å²) < 4.78 is 50.4. The van der Waals surface area contributed by atoms with Gasteiger partial charge < -0.3 is 19.6 Å². The lowest BCUT2D eigenvalue weighted by Gasteiger charge is -2.11. The molecule has 0 amide bonds. The minimum absolute atomic E-state index is 0.0244. The van der Waals surface area contributed by atoms with Crippen molar-refractivity contribution in [2.24, 2.45) is 0 Å². The second-order valence-electron chi connectivity index (χ2n) is 7.75. The molecule has 1 atom stereocenters. The van der Waals surface area contributed by atoms with Crippen LogP contribution in [0.25, 0.3) is 16.4 Å². The van der Waals surface area contributed by atoms with Gasteiger partial charge in [0.25, 0.3) is 0 Å². The zero-order chi connectivity index (χ0) is 23.0. The van der Waals surface area contributed by atoms with Crippen LogP contribution >= 0.6 is 0 Å². The number of aromatic nitrogens is 4. The molecule has 0 fully saturated rings. The zero-order valence-corrected chi connectivity index (χ0v) is 18.6. The highest BCUT2D eigenvalue weighted by Gasteiger charge is 2.19. The number of nitrogens with one attached hydrogen (secondary N) is 1. The maximum Gasteiger partial charge on any atom is 0.247 e. The van der Waals surface area contributed by atoms with E-state index in [0.29, 0.717) is 27.7 Å². The smallest absolute Gasteiger partial charge is 0.247 e. The molecule has 0 saturated heterocycles. The summed E-state index contributed by atoms with van der Waals surface area (Å²) in [6, 6.07) is 4.97. The average molecular weight is 463 g/mol. The number of hydrogen-bond donors (Lipinski definition) is 2. The number of fused-ring (bicyclic) bond motifs is 2. The predicted octanol–water partition coefficient (Wildman–Crippen LogP) is 2.93. The molecule has 9 nitrogen and oxygen atoms in total. The summed E-state index contributed by atoms with van der Waals surface area (Å²) in [6.45, 7) is 3.52. The van der Waals surface area contributed by atoms with Gasteiger partial charge in [-0.15, -0.1) is 0 Å². The number of sulfone groups is 1. The van der Waals surface area contributed by atoms with Crippen LogP contribution in [0.4, 0.5) is 4.39 Å². The van der Waals surface area contributed by atoms with Crippen LogP contribution in [-0.2, 0) is 9.84 Å². The number of benzene rings is 1. The molecular formula is C21H23FN4O5S. The van der Waals surface area contributed by atoms with Crippen molar-refractivity contribution in [3.8, 4) is 17.4 Å². The summed E-state index contributed by atoms with van der Waals surface area (Å²) in [5.74, 6) is -0.0371. The Kier molecular flexibility index (Phi) is 5.78. The number of aliphatic hydroxyl groups excluding tert-OH is 1. The summed E-state index contributed by atoms with van der Waals surface area (Å²) >= 11 is 0. The molecule has 32 heavy (non-hydrogen) atoms. The lowest BCUT2D eigenvalue weighted by Crippen LogP contribution is -2.21. The first-order chi connectivity index (χ1) is 15.1. The molecule has 0 radical (unpaired) electrons. The van der Waals surface area contributed by atoms with Gasteiger partial charge in [0.2, 0.25) is 5.88 Å². The lowest BCUT2D eigenvalue weighted by molar-refractivity contribution is 0.104. The third kappa shape index (κ3) is 4.53. The van der Waals surface area contributed by atoms with Crippen LogP contribution < -0.4 is 9.47 Å². The molecule has 0 aliphatic rings. The van der Waals surface area contributed by atoms with E-state index in [1.54, 1.807) is 25.3 Å². The van der Waals surface area contributed by atoms with Gasteiger partial charge in [-0.2, -0.15) is 10.1 Å². The Morgan fingerprint density at radius 2 is 2.06 bits per heavy atom. The molecule has 3 aromatic heterocycles. The molecule has 0 aliphatic carbocycles. The molecule has 0 bridgehead atoms. The van der Waals surface area contributed by atoms with Crippen molar-refractivity contribution in [1.29, 1.82) is 0 Å². The monoisotopic (exact) mass is 462 g/mol. The van der Waals surface area contributed by atoms with E-state index in [-0.39, 0.29) is 30.4 Å². The summed E-state index contributed by atoms with van der Waals surface area (Å²) in [5.41, 5.74) is 2.63. The van der Waals surface area contributed by atoms with E-state index in [2.05, 4.69) is 15.1 Å². The molecule has 170 valence electrons. The highest BCUT2D eigenvalue weighted by atomic mass is 32.2. The van der Waals surface area contributed by atoms with Crippen molar-refractivity contribution < 1.29 is 27.4 Å². The number of ether oxygens (including phenoxy) is 2. The maximum atomic E-state index is 14.9. The van der Waals surface area contributed by atoms with Crippen LogP contribution in [0.3, 0.4) is 0 Å². The number of aromatic amines is 1. The fraction of sp³-hybridized carbons (Fsp3) is 0.333. The van der Waals surface area contributed by atoms with E-state index in [0.717, 1.165) is 11.9 Å². The summed E-state index contributed by atoms with van der Waals surface area (Å²) in [6.07, 6.45) is 3.11. The van der Waals surface area contributed by atoms with E-state index < -0.39 is 21.8 Å². The van der Waals surface area contributed by atoms with Gasteiger partial charge in [0, 0.05) is 28.4 Å². The molecule has 0 unspecified atom stereocenters. The number of nitrogens with zero attached hydrogens (tertiary/aromatic N) is 3. The number of aliphatic hydroxyl groups is 1. The van der Waals surface area contributed by atoms with Gasteiger partial charge in [0.15, 0.2) is 11.6 Å². The molecule has 0 spiro atoms. The largest absolute Gasteiger partial charge is 0.489 e. The SMILES string of the molecule is Cc1cc2c(F)c(Oc3ncnn4cc(OC[C@H](O)CCS(C)(=O)=O)c(C)c34)ccc2[nH]1. The molecule has 4 rings (SSSR count). The van der Waals surface area contributed by atoms with Gasteiger partial charge in [0.05, 0.1) is 18.1 Å². The molecule has 1 aromatic carbocycles. The van der Waals surface area contributed by atoms with Gasteiger partial charge in [-0.05, 0) is 38.5 Å². The third-order valence-corrected chi connectivity index (χ3v) is 6.02. The van der Waals surface area contributed by atoms with Crippen LogP contribution in [0.15, 0.2) is 30.7 Å². The van der Waals surface area contributed by atoms with Crippen LogP contribution in [0.5, 0.6) is 17.4 Å². The Morgan fingerprint density at radius 1 is 1.28 bits per heavy atom. The van der Waals surface area contributed by atoms with Gasteiger partial charge in [-0.3, -0.25) is 0 Å². The van der Waals surface area contributed by atoms with Crippen molar-refractivity contribution in [3.63, 3.8) is 0 Å². The van der Waals surface area contributed by atoms with Crippen LogP contribution in [0.2, 0.25) is 0 Å². The topological polar surface area (TPSA) is 119 Å². The van der Waals surface area contributed by atoms with Crippen molar-refractivity contribution in [2.45, 2.75) is 26.4 Å². The second kappa shape index (κ2) is 8.40. The standard InChI is InChI=1S/C21H23FN4O5S/c1-12-8-15-16(25-12)4-5-17(19(15)22)31-21-20-13(2)18(9-26(20)24-11-23-21)30-10-14(27)6-7-32(3,28)29/h4-5,8-9,11,14,25,27H,6-7,10H2,1-3H3/t14-/m1/s1. The lowest BCUT2D eigenvalue weighted by atomic mass is 10.2. The summed E-state index contributed by atoms with van der Waals surface area (Å²) in [5, 5.41) is 14.6. The molecule has 2 N–H and O–H groups in total. The fourth-order valence-electron chi connectivity index (χ4n) is 3.42. The Morgan fingerprint density at radius 3 is 2.81 bits per heavy atom. The van der Waals surface area contributed by atoms with Crippen molar-refractivity contribution in [1.82, 2.24) is 19.6 Å². The van der Waals surface area contributed by atoms with E-state index in [1.165, 1.54) is 16.9 Å². The van der Waals surface area contributed by atoms with E-state index >= 15 is 0 Å². The number of aryl methyl sites for hydroxylation is 2. The average Bonchev–Trinajstić information content (AvgIpc) is 3.27. The fourth-order valence-corrected chi connectivity index (χ4v) is 4.12. The normalized spacial score (nSPS) is 13.0. The molecule has 0 saturated carbocycles. The molecule has 3 heterocycles. The maximum absolute atomic E-state index is 14.9. The minimum Gasteiger partial charge on any atom is -0.489 e. The zero-order valence-electron chi connectivity index (χ0n) is 17.8. The van der Waals surface area contributed by atoms with Gasteiger partial charge >= 0.3 is 0 Å². The van der Waals surface area contributed by atoms with Crippen molar-refractivity contribution in [2.75, 3.05) is 18.6 Å².